The van der Waals surface area contributed by atoms with Gasteiger partial charge in [0.1, 0.15) is 0 Å². The first-order valence-corrected chi connectivity index (χ1v) is 7.67. The fourth-order valence-corrected chi connectivity index (χ4v) is 3.76. The molecule has 1 aliphatic heterocycles. The van der Waals surface area contributed by atoms with Gasteiger partial charge < -0.3 is 10.2 Å². The maximum absolute atomic E-state index is 3.94. The maximum Gasteiger partial charge on any atom is 0.0328 e. The lowest BCUT2D eigenvalue weighted by atomic mass is 9.92. The lowest BCUT2D eigenvalue weighted by molar-refractivity contribution is 0.166. The van der Waals surface area contributed by atoms with Crippen molar-refractivity contribution in [1.29, 1.82) is 0 Å². The molecule has 0 radical (unpaired) electrons. The molecule has 1 fully saturated rings. The molecule has 0 spiro atoms. The Hall–Kier alpha value is -0.860. The van der Waals surface area contributed by atoms with E-state index >= 15 is 0 Å². The Morgan fingerprint density at radius 2 is 2.11 bits per heavy atom. The minimum Gasteiger partial charge on any atom is -0.307 e. The lowest BCUT2D eigenvalue weighted by Gasteiger charge is -2.37. The van der Waals surface area contributed by atoms with Gasteiger partial charge in [0, 0.05) is 18.6 Å². The molecule has 3 unspecified atom stereocenters. The highest BCUT2D eigenvalue weighted by Crippen LogP contribution is 2.33. The first-order valence-electron chi connectivity index (χ1n) is 7.67. The molecule has 2 heteroatoms. The van der Waals surface area contributed by atoms with Crippen LogP contribution in [0.1, 0.15) is 42.5 Å². The van der Waals surface area contributed by atoms with E-state index in [4.69, 9.17) is 0 Å². The number of hydrogen-bond acceptors (Lipinski definition) is 2. The molecule has 0 amide bonds. The van der Waals surface area contributed by atoms with Crippen LogP contribution in [0.5, 0.6) is 0 Å². The Balaban J connectivity index is 1.71. The number of aryl methyl sites for hydroxylation is 2. The number of nitrogens with zero attached hydrogens (tertiary/aromatic N) is 1. The summed E-state index contributed by atoms with van der Waals surface area (Å²) in [5, 5.41) is 3.94. The van der Waals surface area contributed by atoms with Gasteiger partial charge in [-0.1, -0.05) is 30.7 Å². The van der Waals surface area contributed by atoms with E-state index in [1.54, 1.807) is 11.1 Å². The van der Waals surface area contributed by atoms with Gasteiger partial charge >= 0.3 is 0 Å². The van der Waals surface area contributed by atoms with Crippen molar-refractivity contribution in [3.05, 3.63) is 34.9 Å². The molecule has 2 nitrogen and oxygen atoms in total. The van der Waals surface area contributed by atoms with Crippen molar-refractivity contribution in [2.24, 2.45) is 5.92 Å². The topological polar surface area (TPSA) is 15.3 Å². The molecule has 19 heavy (non-hydrogen) atoms. The van der Waals surface area contributed by atoms with Crippen LogP contribution in [-0.2, 0) is 6.42 Å². The monoisotopic (exact) mass is 258 g/mol. The average Bonchev–Trinajstić information content (AvgIpc) is 2.75. The van der Waals surface area contributed by atoms with Gasteiger partial charge in [-0.25, -0.2) is 0 Å². The second-order valence-electron chi connectivity index (χ2n) is 6.59. The van der Waals surface area contributed by atoms with Crippen molar-refractivity contribution in [1.82, 2.24) is 10.2 Å². The third kappa shape index (κ3) is 2.70. The summed E-state index contributed by atoms with van der Waals surface area (Å²) in [6.45, 7) is 7.05. The Labute approximate surface area is 117 Å². The maximum atomic E-state index is 3.94. The molecular weight excluding hydrogens is 232 g/mol. The summed E-state index contributed by atoms with van der Waals surface area (Å²) in [4.78, 5) is 2.45. The third-order valence-corrected chi connectivity index (χ3v) is 4.90. The molecule has 2 aliphatic rings. The number of hydrogen-bond donors (Lipinski definition) is 1. The number of nitrogens with one attached hydrogen (secondary N) is 1. The molecule has 1 aromatic carbocycles. The quantitative estimate of drug-likeness (QED) is 0.877. The van der Waals surface area contributed by atoms with Gasteiger partial charge in [0.2, 0.25) is 0 Å². The second-order valence-corrected chi connectivity index (χ2v) is 6.59. The molecule has 0 aromatic heterocycles. The fourth-order valence-electron chi connectivity index (χ4n) is 3.76. The van der Waals surface area contributed by atoms with Gasteiger partial charge in [-0.2, -0.15) is 0 Å². The van der Waals surface area contributed by atoms with E-state index in [0.29, 0.717) is 12.1 Å². The Bertz CT molecular complexity index is 455. The predicted octanol–water partition coefficient (Wildman–Crippen LogP) is 2.91. The highest BCUT2D eigenvalue weighted by atomic mass is 15.1. The zero-order valence-corrected chi connectivity index (χ0v) is 12.4. The largest absolute Gasteiger partial charge is 0.307 e. The van der Waals surface area contributed by atoms with Crippen LogP contribution in [-0.4, -0.2) is 31.1 Å². The van der Waals surface area contributed by atoms with Gasteiger partial charge in [-0.3, -0.25) is 0 Å². The van der Waals surface area contributed by atoms with E-state index in [1.807, 2.05) is 0 Å². The number of rotatable bonds is 2. The van der Waals surface area contributed by atoms with Crippen molar-refractivity contribution in [2.45, 2.75) is 45.2 Å². The van der Waals surface area contributed by atoms with Gasteiger partial charge in [0.15, 0.2) is 0 Å². The molecule has 1 aliphatic carbocycles. The van der Waals surface area contributed by atoms with E-state index in [0.717, 1.165) is 5.92 Å². The first-order chi connectivity index (χ1) is 9.13. The van der Waals surface area contributed by atoms with Gasteiger partial charge in [0.25, 0.3) is 0 Å². The molecule has 1 aromatic rings. The van der Waals surface area contributed by atoms with Crippen molar-refractivity contribution in [3.63, 3.8) is 0 Å². The van der Waals surface area contributed by atoms with Crippen LogP contribution in [0, 0.1) is 12.8 Å². The number of piperidine rings is 1. The number of fused-ring (bicyclic) bond motifs is 1. The fraction of sp³-hybridized carbons (Fsp3) is 0.647. The van der Waals surface area contributed by atoms with E-state index < -0.39 is 0 Å². The molecule has 1 N–H and O–H groups in total. The molecule has 1 saturated heterocycles. The van der Waals surface area contributed by atoms with Crippen LogP contribution >= 0.6 is 0 Å². The van der Waals surface area contributed by atoms with E-state index in [-0.39, 0.29) is 0 Å². The molecular formula is C17H26N2. The normalized spacial score (nSPS) is 31.4. The van der Waals surface area contributed by atoms with E-state index in [2.05, 4.69) is 49.3 Å². The van der Waals surface area contributed by atoms with Crippen LogP contribution in [0.4, 0.5) is 0 Å². The summed E-state index contributed by atoms with van der Waals surface area (Å²) in [6.07, 6.45) is 3.81. The third-order valence-electron chi connectivity index (χ3n) is 4.90. The SMILES string of the molecule is Cc1ccc2c(c1)C(NC1CCN(C)CC1C)CC2. The second kappa shape index (κ2) is 5.26. The summed E-state index contributed by atoms with van der Waals surface area (Å²) < 4.78 is 0. The lowest BCUT2D eigenvalue weighted by Crippen LogP contribution is -2.47. The van der Waals surface area contributed by atoms with Crippen molar-refractivity contribution < 1.29 is 0 Å². The summed E-state index contributed by atoms with van der Waals surface area (Å²) in [5.41, 5.74) is 4.51. The minimum absolute atomic E-state index is 0.589. The predicted molar refractivity (Wildman–Crippen MR) is 80.4 cm³/mol. The molecule has 0 bridgehead atoms. The molecule has 3 rings (SSSR count). The highest BCUT2D eigenvalue weighted by Gasteiger charge is 2.29. The molecule has 0 saturated carbocycles. The van der Waals surface area contributed by atoms with E-state index in [1.165, 1.54) is 37.9 Å². The minimum atomic E-state index is 0.589. The van der Waals surface area contributed by atoms with Crippen LogP contribution in [0.15, 0.2) is 18.2 Å². The Kier molecular flexibility index (Phi) is 3.64. The summed E-state index contributed by atoms with van der Waals surface area (Å²) in [6, 6.07) is 8.24. The molecule has 3 atom stereocenters. The summed E-state index contributed by atoms with van der Waals surface area (Å²) >= 11 is 0. The van der Waals surface area contributed by atoms with Crippen molar-refractivity contribution in [2.75, 3.05) is 20.1 Å². The van der Waals surface area contributed by atoms with Crippen LogP contribution < -0.4 is 5.32 Å². The van der Waals surface area contributed by atoms with Gasteiger partial charge in [-0.15, -0.1) is 0 Å². The standard InChI is InChI=1S/C17H26N2/c1-12-4-5-14-6-7-17(15(14)10-12)18-16-8-9-19(3)11-13(16)2/h4-5,10,13,16-18H,6-9,11H2,1-3H3. The molecule has 1 heterocycles. The van der Waals surface area contributed by atoms with Crippen LogP contribution in [0.25, 0.3) is 0 Å². The van der Waals surface area contributed by atoms with Crippen LogP contribution in [0.3, 0.4) is 0 Å². The van der Waals surface area contributed by atoms with Crippen molar-refractivity contribution >= 4 is 0 Å². The van der Waals surface area contributed by atoms with Gasteiger partial charge in [0.05, 0.1) is 0 Å². The zero-order chi connectivity index (χ0) is 13.4. The van der Waals surface area contributed by atoms with Crippen molar-refractivity contribution in [3.8, 4) is 0 Å². The molecule has 104 valence electrons. The average molecular weight is 258 g/mol. The zero-order valence-electron chi connectivity index (χ0n) is 12.4. The highest BCUT2D eigenvalue weighted by molar-refractivity contribution is 5.37. The smallest absolute Gasteiger partial charge is 0.0328 e. The Morgan fingerprint density at radius 1 is 1.26 bits per heavy atom. The van der Waals surface area contributed by atoms with Crippen LogP contribution in [0.2, 0.25) is 0 Å². The first kappa shape index (κ1) is 13.1. The van der Waals surface area contributed by atoms with Gasteiger partial charge in [-0.05, 0) is 56.8 Å². The summed E-state index contributed by atoms with van der Waals surface area (Å²) in [7, 11) is 2.24. The van der Waals surface area contributed by atoms with E-state index in [9.17, 15) is 0 Å². The number of likely N-dealkylation sites (tertiary alicyclic amines) is 1. The number of benzene rings is 1. The Morgan fingerprint density at radius 3 is 2.89 bits per heavy atom. The summed E-state index contributed by atoms with van der Waals surface area (Å²) in [5.74, 6) is 0.757.